The molecule has 1 aromatic carbocycles. The van der Waals surface area contributed by atoms with Crippen LogP contribution in [0.25, 0.3) is 11.4 Å². The van der Waals surface area contributed by atoms with Gasteiger partial charge in [-0.2, -0.15) is 0 Å². The number of aryl methyl sites for hydroxylation is 2. The summed E-state index contributed by atoms with van der Waals surface area (Å²) >= 11 is 0. The Labute approximate surface area is 117 Å². The molecule has 0 unspecified atom stereocenters. The first-order valence-corrected chi connectivity index (χ1v) is 6.41. The molecule has 20 heavy (non-hydrogen) atoms. The van der Waals surface area contributed by atoms with Gasteiger partial charge in [-0.3, -0.25) is 0 Å². The van der Waals surface area contributed by atoms with Crippen LogP contribution in [0.15, 0.2) is 24.3 Å². The van der Waals surface area contributed by atoms with Gasteiger partial charge in [0.05, 0.1) is 12.3 Å². The Kier molecular flexibility index (Phi) is 3.98. The molecule has 0 saturated carbocycles. The number of aromatic nitrogens is 2. The second kappa shape index (κ2) is 5.69. The smallest absolute Gasteiger partial charge is 0.343 e. The molecule has 0 saturated heterocycles. The molecule has 0 spiro atoms. The Hall–Kier alpha value is -2.43. The second-order valence-corrected chi connectivity index (χ2v) is 4.48. The minimum atomic E-state index is -0.488. The normalized spacial score (nSPS) is 10.3. The molecule has 0 fully saturated rings. The van der Waals surface area contributed by atoms with Crippen molar-refractivity contribution in [2.24, 2.45) is 0 Å². The summed E-state index contributed by atoms with van der Waals surface area (Å²) < 4.78 is 4.96. The Morgan fingerprint density at radius 2 is 2.05 bits per heavy atom. The number of nitrogens with zero attached hydrogens (tertiary/aromatic N) is 2. The quantitative estimate of drug-likeness (QED) is 0.868. The van der Waals surface area contributed by atoms with Crippen molar-refractivity contribution in [1.82, 2.24) is 9.97 Å². The predicted octanol–water partition coefficient (Wildman–Crippen LogP) is 2.52. The predicted molar refractivity (Wildman–Crippen MR) is 77.3 cm³/mol. The number of carbonyl (C=O) groups excluding carboxylic acids is 1. The van der Waals surface area contributed by atoms with Crippen LogP contribution in [0.4, 0.5) is 5.82 Å². The van der Waals surface area contributed by atoms with Crippen LogP contribution in [0, 0.1) is 13.8 Å². The highest BCUT2D eigenvalue weighted by atomic mass is 16.5. The van der Waals surface area contributed by atoms with Crippen LogP contribution in [-0.2, 0) is 4.74 Å². The van der Waals surface area contributed by atoms with Crippen LogP contribution in [0.3, 0.4) is 0 Å². The van der Waals surface area contributed by atoms with E-state index in [4.69, 9.17) is 10.5 Å². The summed E-state index contributed by atoms with van der Waals surface area (Å²) in [6.07, 6.45) is 0. The van der Waals surface area contributed by atoms with Crippen molar-refractivity contribution in [1.29, 1.82) is 0 Å². The summed E-state index contributed by atoms with van der Waals surface area (Å²) in [6.45, 7) is 5.75. The zero-order valence-electron chi connectivity index (χ0n) is 11.8. The Balaban J connectivity index is 2.47. The Bertz CT molecular complexity index is 630. The fourth-order valence-electron chi connectivity index (χ4n) is 1.96. The lowest BCUT2D eigenvalue weighted by molar-refractivity contribution is 0.0526. The minimum absolute atomic E-state index is 0.146. The van der Waals surface area contributed by atoms with Crippen LogP contribution >= 0.6 is 0 Å². The molecular formula is C15H17N3O2. The fourth-order valence-corrected chi connectivity index (χ4v) is 1.96. The molecule has 1 aromatic heterocycles. The Morgan fingerprint density at radius 1 is 1.30 bits per heavy atom. The number of ether oxygens (including phenoxy) is 1. The third-order valence-electron chi connectivity index (χ3n) is 2.87. The fraction of sp³-hybridized carbons (Fsp3) is 0.267. The molecule has 0 aliphatic rings. The van der Waals surface area contributed by atoms with E-state index in [-0.39, 0.29) is 18.0 Å². The van der Waals surface area contributed by atoms with Crippen molar-refractivity contribution in [3.05, 3.63) is 41.1 Å². The summed E-state index contributed by atoms with van der Waals surface area (Å²) in [5.41, 5.74) is 8.62. The molecule has 0 aliphatic heterocycles. The van der Waals surface area contributed by atoms with Gasteiger partial charge in [-0.25, -0.2) is 14.8 Å². The summed E-state index contributed by atoms with van der Waals surface area (Å²) in [5.74, 6) is 0.169. The van der Waals surface area contributed by atoms with E-state index in [1.165, 1.54) is 0 Å². The van der Waals surface area contributed by atoms with Gasteiger partial charge in [0, 0.05) is 5.56 Å². The van der Waals surface area contributed by atoms with Gasteiger partial charge in [0.15, 0.2) is 5.82 Å². The van der Waals surface area contributed by atoms with Crippen LogP contribution in [0.2, 0.25) is 0 Å². The molecule has 2 aromatic rings. The molecule has 0 radical (unpaired) electrons. The van der Waals surface area contributed by atoms with Crippen LogP contribution in [0.1, 0.15) is 28.5 Å². The van der Waals surface area contributed by atoms with Crippen molar-refractivity contribution in [3.8, 4) is 11.4 Å². The molecule has 1 heterocycles. The minimum Gasteiger partial charge on any atom is -0.462 e. The topological polar surface area (TPSA) is 78.1 Å². The van der Waals surface area contributed by atoms with Crippen LogP contribution in [-0.4, -0.2) is 22.5 Å². The summed E-state index contributed by atoms with van der Waals surface area (Å²) in [6, 6.07) is 7.80. The van der Waals surface area contributed by atoms with Gasteiger partial charge in [-0.05, 0) is 26.8 Å². The van der Waals surface area contributed by atoms with Crippen LogP contribution < -0.4 is 5.73 Å². The van der Waals surface area contributed by atoms with Crippen molar-refractivity contribution in [2.45, 2.75) is 20.8 Å². The number of nitrogen functional groups attached to an aromatic ring is 1. The summed E-state index contributed by atoms with van der Waals surface area (Å²) in [4.78, 5) is 20.4. The van der Waals surface area contributed by atoms with Crippen molar-refractivity contribution in [2.75, 3.05) is 12.3 Å². The molecule has 0 bridgehead atoms. The van der Waals surface area contributed by atoms with Gasteiger partial charge < -0.3 is 10.5 Å². The maximum absolute atomic E-state index is 11.8. The lowest BCUT2D eigenvalue weighted by Crippen LogP contribution is -2.13. The number of hydrogen-bond acceptors (Lipinski definition) is 5. The number of rotatable bonds is 3. The molecule has 0 atom stereocenters. The molecule has 5 nitrogen and oxygen atoms in total. The number of carbonyl (C=O) groups is 1. The standard InChI is InChI=1S/C15H17N3O2/c1-4-20-15(19)12-10(3)17-14(18-13(12)16)11-7-5-6-9(2)8-11/h5-8H,4H2,1-3H3,(H2,16,17,18). The highest BCUT2D eigenvalue weighted by Crippen LogP contribution is 2.21. The third kappa shape index (κ3) is 2.77. The van der Waals surface area contributed by atoms with E-state index < -0.39 is 5.97 Å². The van der Waals surface area contributed by atoms with E-state index >= 15 is 0 Å². The Morgan fingerprint density at radius 3 is 2.65 bits per heavy atom. The van der Waals surface area contributed by atoms with Gasteiger partial charge in [-0.15, -0.1) is 0 Å². The largest absolute Gasteiger partial charge is 0.462 e. The SMILES string of the molecule is CCOC(=O)c1c(C)nc(-c2cccc(C)c2)nc1N. The lowest BCUT2D eigenvalue weighted by Gasteiger charge is -2.10. The monoisotopic (exact) mass is 271 g/mol. The van der Waals surface area contributed by atoms with Crippen LogP contribution in [0.5, 0.6) is 0 Å². The van der Waals surface area contributed by atoms with Gasteiger partial charge in [0.25, 0.3) is 0 Å². The molecule has 104 valence electrons. The molecule has 2 N–H and O–H groups in total. The third-order valence-corrected chi connectivity index (χ3v) is 2.87. The van der Waals surface area contributed by atoms with E-state index in [9.17, 15) is 4.79 Å². The zero-order valence-corrected chi connectivity index (χ0v) is 11.8. The number of benzene rings is 1. The van der Waals surface area contributed by atoms with Gasteiger partial charge in [-0.1, -0.05) is 23.8 Å². The number of nitrogens with two attached hydrogens (primary N) is 1. The maximum Gasteiger partial charge on any atom is 0.343 e. The molecule has 5 heteroatoms. The second-order valence-electron chi connectivity index (χ2n) is 4.48. The van der Waals surface area contributed by atoms with Crippen molar-refractivity contribution >= 4 is 11.8 Å². The summed E-state index contributed by atoms with van der Waals surface area (Å²) in [7, 11) is 0. The highest BCUT2D eigenvalue weighted by Gasteiger charge is 2.18. The average molecular weight is 271 g/mol. The zero-order chi connectivity index (χ0) is 14.7. The van der Waals surface area contributed by atoms with E-state index in [1.807, 2.05) is 31.2 Å². The number of esters is 1. The highest BCUT2D eigenvalue weighted by molar-refractivity contribution is 5.95. The van der Waals surface area contributed by atoms with Gasteiger partial charge in [0.1, 0.15) is 11.4 Å². The average Bonchev–Trinajstić information content (AvgIpc) is 2.38. The van der Waals surface area contributed by atoms with Crippen molar-refractivity contribution < 1.29 is 9.53 Å². The first kappa shape index (κ1) is 14.0. The van der Waals surface area contributed by atoms with Gasteiger partial charge >= 0.3 is 5.97 Å². The van der Waals surface area contributed by atoms with E-state index in [1.54, 1.807) is 13.8 Å². The molecular weight excluding hydrogens is 254 g/mol. The molecule has 2 rings (SSSR count). The molecule has 0 amide bonds. The maximum atomic E-state index is 11.8. The summed E-state index contributed by atoms with van der Waals surface area (Å²) in [5, 5.41) is 0. The number of anilines is 1. The first-order chi connectivity index (χ1) is 9.52. The van der Waals surface area contributed by atoms with E-state index in [0.29, 0.717) is 11.5 Å². The van der Waals surface area contributed by atoms with E-state index in [0.717, 1.165) is 11.1 Å². The first-order valence-electron chi connectivity index (χ1n) is 6.41. The molecule has 0 aliphatic carbocycles. The van der Waals surface area contributed by atoms with Gasteiger partial charge in [0.2, 0.25) is 0 Å². The van der Waals surface area contributed by atoms with Crippen molar-refractivity contribution in [3.63, 3.8) is 0 Å². The lowest BCUT2D eigenvalue weighted by atomic mass is 10.1. The van der Waals surface area contributed by atoms with E-state index in [2.05, 4.69) is 9.97 Å². The number of hydrogen-bond donors (Lipinski definition) is 1.